The van der Waals surface area contributed by atoms with Gasteiger partial charge in [0.15, 0.2) is 0 Å². The molecule has 0 saturated heterocycles. The van der Waals surface area contributed by atoms with Crippen molar-refractivity contribution in [1.82, 2.24) is 9.99 Å². The lowest BCUT2D eigenvalue weighted by atomic mass is 10.2. The average molecular weight is 308 g/mol. The number of hydrogen-bond acceptors (Lipinski definition) is 6. The van der Waals surface area contributed by atoms with Gasteiger partial charge in [-0.3, -0.25) is 25.1 Å². The number of carbonyl (C=O) groups is 1. The van der Waals surface area contributed by atoms with Crippen molar-refractivity contribution in [3.8, 4) is 0 Å². The van der Waals surface area contributed by atoms with Crippen LogP contribution in [0.5, 0.6) is 0 Å². The molecule has 0 aliphatic heterocycles. The zero-order valence-electron chi connectivity index (χ0n) is 11.0. The molecule has 2 aromatic heterocycles. The molecule has 0 aliphatic carbocycles. The van der Waals surface area contributed by atoms with Crippen molar-refractivity contribution < 1.29 is 9.72 Å². The normalized spacial score (nSPS) is 10.4. The molecule has 2 heterocycles. The summed E-state index contributed by atoms with van der Waals surface area (Å²) in [5.74, 6) is 4.69. The summed E-state index contributed by atoms with van der Waals surface area (Å²) in [4.78, 5) is 34.2. The first kappa shape index (κ1) is 14.9. The van der Waals surface area contributed by atoms with Crippen LogP contribution in [0.1, 0.15) is 20.1 Å². The third-order valence-electron chi connectivity index (χ3n) is 2.88. The molecule has 0 fully saturated rings. The Hall–Kier alpha value is -2.52. The maximum Gasteiger partial charge on any atom is 0.332 e. The van der Waals surface area contributed by atoms with E-state index in [4.69, 9.17) is 5.84 Å². The number of aromatic nitrogens is 1. The van der Waals surface area contributed by atoms with Crippen molar-refractivity contribution in [3.63, 3.8) is 0 Å². The number of nitrogens with zero attached hydrogens (tertiary/aromatic N) is 2. The second kappa shape index (κ2) is 5.85. The summed E-state index contributed by atoms with van der Waals surface area (Å²) < 4.78 is 1.53. The molecule has 3 N–H and O–H groups in total. The summed E-state index contributed by atoms with van der Waals surface area (Å²) in [6.45, 7) is 2.16. The standard InChI is InChI=1S/C12H12N4O4S/c1-7-8(4-11(21-7)12(18)14-13)5-15-3-2-10(17)9(6-15)16(19)20/h2-4,6H,5,13H2,1H3,(H,14,18). The number of rotatable bonds is 4. The van der Waals surface area contributed by atoms with Gasteiger partial charge in [0.1, 0.15) is 0 Å². The monoisotopic (exact) mass is 308 g/mol. The van der Waals surface area contributed by atoms with E-state index in [1.807, 2.05) is 6.92 Å². The van der Waals surface area contributed by atoms with E-state index in [1.165, 1.54) is 28.3 Å². The number of thiophene rings is 1. The van der Waals surface area contributed by atoms with E-state index in [0.717, 1.165) is 16.5 Å². The first-order valence-electron chi connectivity index (χ1n) is 5.87. The number of aryl methyl sites for hydroxylation is 1. The van der Waals surface area contributed by atoms with Gasteiger partial charge in [-0.15, -0.1) is 11.3 Å². The van der Waals surface area contributed by atoms with Gasteiger partial charge in [-0.2, -0.15) is 0 Å². The summed E-state index contributed by atoms with van der Waals surface area (Å²) in [7, 11) is 0. The van der Waals surface area contributed by atoms with Gasteiger partial charge in [0.25, 0.3) is 11.3 Å². The highest BCUT2D eigenvalue weighted by Crippen LogP contribution is 2.22. The molecular weight excluding hydrogens is 296 g/mol. The minimum atomic E-state index is -0.716. The van der Waals surface area contributed by atoms with Crippen LogP contribution >= 0.6 is 11.3 Å². The Kier molecular flexibility index (Phi) is 4.15. The number of hydrogen-bond donors (Lipinski definition) is 2. The topological polar surface area (TPSA) is 120 Å². The van der Waals surface area contributed by atoms with Gasteiger partial charge >= 0.3 is 5.69 Å². The minimum Gasteiger partial charge on any atom is -0.344 e. The molecule has 21 heavy (non-hydrogen) atoms. The molecule has 2 aromatic rings. The summed E-state index contributed by atoms with van der Waals surface area (Å²) >= 11 is 1.28. The number of nitrogen functional groups attached to an aromatic ring is 1. The van der Waals surface area contributed by atoms with Crippen LogP contribution in [0.3, 0.4) is 0 Å². The highest BCUT2D eigenvalue weighted by molar-refractivity contribution is 7.14. The Labute approximate surface area is 122 Å². The molecule has 0 spiro atoms. The zero-order valence-corrected chi connectivity index (χ0v) is 11.8. The van der Waals surface area contributed by atoms with E-state index in [0.29, 0.717) is 11.4 Å². The third kappa shape index (κ3) is 3.15. The lowest BCUT2D eigenvalue weighted by Gasteiger charge is -2.05. The Morgan fingerprint density at radius 3 is 2.90 bits per heavy atom. The van der Waals surface area contributed by atoms with E-state index >= 15 is 0 Å². The number of hydrazine groups is 1. The van der Waals surface area contributed by atoms with Gasteiger partial charge in [0.05, 0.1) is 16.0 Å². The van der Waals surface area contributed by atoms with Gasteiger partial charge in [-0.25, -0.2) is 5.84 Å². The first-order valence-corrected chi connectivity index (χ1v) is 6.68. The molecule has 2 rings (SSSR count). The van der Waals surface area contributed by atoms with E-state index in [1.54, 1.807) is 6.07 Å². The van der Waals surface area contributed by atoms with Crippen molar-refractivity contribution in [1.29, 1.82) is 0 Å². The van der Waals surface area contributed by atoms with Gasteiger partial charge in [0, 0.05) is 23.7 Å². The van der Waals surface area contributed by atoms with Crippen LogP contribution < -0.4 is 16.7 Å². The van der Waals surface area contributed by atoms with Gasteiger partial charge < -0.3 is 4.57 Å². The predicted octanol–water partition coefficient (Wildman–Crippen LogP) is 0.778. The zero-order chi connectivity index (χ0) is 15.6. The van der Waals surface area contributed by atoms with Crippen molar-refractivity contribution in [2.45, 2.75) is 13.5 Å². The molecule has 0 aromatic carbocycles. The number of pyridine rings is 1. The van der Waals surface area contributed by atoms with Crippen LogP contribution in [0.2, 0.25) is 0 Å². The Morgan fingerprint density at radius 1 is 1.57 bits per heavy atom. The van der Waals surface area contributed by atoms with E-state index in [-0.39, 0.29) is 5.91 Å². The van der Waals surface area contributed by atoms with Crippen LogP contribution in [0, 0.1) is 17.0 Å². The van der Waals surface area contributed by atoms with Crippen molar-refractivity contribution >= 4 is 22.9 Å². The van der Waals surface area contributed by atoms with Crippen LogP contribution in [-0.2, 0) is 6.54 Å². The fourth-order valence-corrected chi connectivity index (χ4v) is 2.74. The van der Waals surface area contributed by atoms with Gasteiger partial charge in [-0.05, 0) is 18.6 Å². The Bertz CT molecular complexity index is 765. The second-order valence-electron chi connectivity index (χ2n) is 4.29. The van der Waals surface area contributed by atoms with Crippen LogP contribution in [0.4, 0.5) is 5.69 Å². The maximum atomic E-state index is 11.5. The fraction of sp³-hybridized carbons (Fsp3) is 0.167. The van der Waals surface area contributed by atoms with E-state index in [9.17, 15) is 19.7 Å². The molecule has 8 nitrogen and oxygen atoms in total. The predicted molar refractivity (Wildman–Crippen MR) is 77.2 cm³/mol. The van der Waals surface area contributed by atoms with Crippen molar-refractivity contribution in [2.75, 3.05) is 0 Å². The van der Waals surface area contributed by atoms with Crippen molar-refractivity contribution in [2.24, 2.45) is 5.84 Å². The molecule has 9 heteroatoms. The highest BCUT2D eigenvalue weighted by atomic mass is 32.1. The molecule has 0 radical (unpaired) electrons. The SMILES string of the molecule is Cc1sc(C(=O)NN)cc1Cn1ccc(=O)c([N+](=O)[O-])c1. The number of carbonyl (C=O) groups excluding carboxylic acids is 1. The Balaban J connectivity index is 2.32. The molecule has 0 unspecified atom stereocenters. The fourth-order valence-electron chi connectivity index (χ4n) is 1.80. The molecule has 0 atom stereocenters. The minimum absolute atomic E-state index is 0.321. The quantitative estimate of drug-likeness (QED) is 0.374. The number of nitrogens with two attached hydrogens (primary N) is 1. The first-order chi connectivity index (χ1) is 9.92. The van der Waals surface area contributed by atoms with E-state index in [2.05, 4.69) is 5.43 Å². The number of nitro groups is 1. The molecular formula is C12H12N4O4S. The smallest absolute Gasteiger partial charge is 0.332 e. The number of amides is 1. The lowest BCUT2D eigenvalue weighted by Crippen LogP contribution is -2.29. The van der Waals surface area contributed by atoms with E-state index < -0.39 is 16.0 Å². The third-order valence-corrected chi connectivity index (χ3v) is 3.97. The lowest BCUT2D eigenvalue weighted by molar-refractivity contribution is -0.386. The Morgan fingerprint density at radius 2 is 2.29 bits per heavy atom. The van der Waals surface area contributed by atoms with Crippen LogP contribution in [-0.4, -0.2) is 15.4 Å². The molecule has 0 bridgehead atoms. The summed E-state index contributed by atoms with van der Waals surface area (Å²) in [5, 5.41) is 10.8. The van der Waals surface area contributed by atoms with Gasteiger partial charge in [0.2, 0.25) is 0 Å². The average Bonchev–Trinajstić information content (AvgIpc) is 2.81. The second-order valence-corrected chi connectivity index (χ2v) is 5.55. The molecule has 110 valence electrons. The maximum absolute atomic E-state index is 11.5. The summed E-state index contributed by atoms with van der Waals surface area (Å²) in [5.41, 5.74) is 1.76. The summed E-state index contributed by atoms with van der Waals surface area (Å²) in [6.07, 6.45) is 2.65. The molecule has 1 amide bonds. The van der Waals surface area contributed by atoms with Crippen molar-refractivity contribution in [3.05, 3.63) is 60.2 Å². The van der Waals surface area contributed by atoms with Gasteiger partial charge in [-0.1, -0.05) is 0 Å². The summed E-state index contributed by atoms with van der Waals surface area (Å²) in [6, 6.07) is 2.82. The highest BCUT2D eigenvalue weighted by Gasteiger charge is 2.14. The largest absolute Gasteiger partial charge is 0.344 e. The molecule has 0 saturated carbocycles. The van der Waals surface area contributed by atoms with Crippen LogP contribution in [0.15, 0.2) is 29.3 Å². The number of nitrogens with one attached hydrogen (secondary N) is 1. The molecule has 0 aliphatic rings. The van der Waals surface area contributed by atoms with Crippen LogP contribution in [0.25, 0.3) is 0 Å².